The van der Waals surface area contributed by atoms with Gasteiger partial charge in [-0.1, -0.05) is 63.3 Å². The average Bonchev–Trinajstić information content (AvgIpc) is 2.87. The van der Waals surface area contributed by atoms with Crippen molar-refractivity contribution in [1.29, 1.82) is 0 Å². The maximum atomic E-state index is 5.80. The predicted molar refractivity (Wildman–Crippen MR) is 82.0 cm³/mol. The van der Waals surface area contributed by atoms with Gasteiger partial charge in [0.2, 0.25) is 0 Å². The van der Waals surface area contributed by atoms with Gasteiger partial charge in [0, 0.05) is 12.0 Å². The van der Waals surface area contributed by atoms with Gasteiger partial charge in [0.15, 0.2) is 0 Å². The first kappa shape index (κ1) is 14.5. The number of hydrazine groups is 1. The number of rotatable bonds is 8. The van der Waals surface area contributed by atoms with Crippen LogP contribution >= 0.6 is 0 Å². The van der Waals surface area contributed by atoms with Crippen LogP contribution in [0.4, 0.5) is 0 Å². The van der Waals surface area contributed by atoms with E-state index < -0.39 is 0 Å². The zero-order chi connectivity index (χ0) is 13.5. The summed E-state index contributed by atoms with van der Waals surface area (Å²) in [5.41, 5.74) is 6.13. The first-order valence-corrected chi connectivity index (χ1v) is 7.90. The highest BCUT2D eigenvalue weighted by molar-refractivity contribution is 5.35. The lowest BCUT2D eigenvalue weighted by atomic mass is 9.90. The van der Waals surface area contributed by atoms with Gasteiger partial charge in [-0.25, -0.2) is 0 Å². The van der Waals surface area contributed by atoms with Crippen LogP contribution in [-0.4, -0.2) is 6.04 Å². The molecule has 0 spiro atoms. The molecular weight excluding hydrogens is 232 g/mol. The molecule has 1 aliphatic rings. The van der Waals surface area contributed by atoms with E-state index in [2.05, 4.69) is 36.6 Å². The zero-order valence-electron chi connectivity index (χ0n) is 12.2. The molecule has 2 heteroatoms. The normalized spacial score (nSPS) is 19.4. The Morgan fingerprint density at radius 2 is 2.00 bits per heavy atom. The standard InChI is InChI=1S/C17H28N2/c1-2-3-4-5-6-11-17(19-18)16-13-12-14-9-7-8-10-15(14)16/h7-10,16-17,19H,2-6,11-13,18H2,1H3. The van der Waals surface area contributed by atoms with E-state index in [1.807, 2.05) is 0 Å². The third kappa shape index (κ3) is 3.80. The van der Waals surface area contributed by atoms with Gasteiger partial charge >= 0.3 is 0 Å². The molecule has 2 atom stereocenters. The van der Waals surface area contributed by atoms with Gasteiger partial charge in [-0.15, -0.1) is 0 Å². The monoisotopic (exact) mass is 260 g/mol. The van der Waals surface area contributed by atoms with E-state index in [0.29, 0.717) is 12.0 Å². The van der Waals surface area contributed by atoms with Gasteiger partial charge in [-0.3, -0.25) is 11.3 Å². The van der Waals surface area contributed by atoms with Gasteiger partial charge in [-0.05, 0) is 30.4 Å². The Kier molecular flexibility index (Phi) is 5.87. The van der Waals surface area contributed by atoms with Crippen LogP contribution in [0.2, 0.25) is 0 Å². The van der Waals surface area contributed by atoms with Crippen molar-refractivity contribution in [3.05, 3.63) is 35.4 Å². The van der Waals surface area contributed by atoms with Crippen LogP contribution in [-0.2, 0) is 6.42 Å². The molecule has 1 aromatic carbocycles. The summed E-state index contributed by atoms with van der Waals surface area (Å²) in [6, 6.07) is 9.31. The molecule has 3 N–H and O–H groups in total. The van der Waals surface area contributed by atoms with Crippen molar-refractivity contribution in [3.8, 4) is 0 Å². The molecule has 19 heavy (non-hydrogen) atoms. The molecule has 1 aromatic rings. The highest BCUT2D eigenvalue weighted by Gasteiger charge is 2.28. The molecule has 2 nitrogen and oxygen atoms in total. The Hall–Kier alpha value is -0.860. The molecule has 106 valence electrons. The molecule has 0 bridgehead atoms. The maximum Gasteiger partial charge on any atom is 0.0279 e. The topological polar surface area (TPSA) is 38.0 Å². The number of hydrogen-bond acceptors (Lipinski definition) is 2. The van der Waals surface area contributed by atoms with E-state index in [9.17, 15) is 0 Å². The molecular formula is C17H28N2. The minimum atomic E-state index is 0.449. The maximum absolute atomic E-state index is 5.80. The van der Waals surface area contributed by atoms with Crippen LogP contribution in [0, 0.1) is 0 Å². The first-order valence-electron chi connectivity index (χ1n) is 7.90. The summed E-state index contributed by atoms with van der Waals surface area (Å²) in [6.45, 7) is 2.26. The first-order chi connectivity index (χ1) is 9.36. The van der Waals surface area contributed by atoms with Crippen molar-refractivity contribution in [1.82, 2.24) is 5.43 Å². The van der Waals surface area contributed by atoms with Crippen LogP contribution in [0.25, 0.3) is 0 Å². The van der Waals surface area contributed by atoms with Gasteiger partial charge < -0.3 is 0 Å². The summed E-state index contributed by atoms with van der Waals surface area (Å²) < 4.78 is 0. The quantitative estimate of drug-likeness (QED) is 0.422. The summed E-state index contributed by atoms with van der Waals surface area (Å²) in [4.78, 5) is 0. The van der Waals surface area contributed by atoms with Crippen molar-refractivity contribution in [2.45, 2.75) is 70.3 Å². The number of hydrogen-bond donors (Lipinski definition) is 2. The molecule has 0 saturated heterocycles. The van der Waals surface area contributed by atoms with Crippen LogP contribution in [0.15, 0.2) is 24.3 Å². The minimum absolute atomic E-state index is 0.449. The van der Waals surface area contributed by atoms with Gasteiger partial charge in [0.25, 0.3) is 0 Å². The molecule has 2 rings (SSSR count). The van der Waals surface area contributed by atoms with Crippen molar-refractivity contribution in [2.75, 3.05) is 0 Å². The number of benzene rings is 1. The number of nitrogens with two attached hydrogens (primary N) is 1. The zero-order valence-corrected chi connectivity index (χ0v) is 12.2. The van der Waals surface area contributed by atoms with Crippen molar-refractivity contribution < 1.29 is 0 Å². The fourth-order valence-corrected chi connectivity index (χ4v) is 3.38. The fourth-order valence-electron chi connectivity index (χ4n) is 3.38. The largest absolute Gasteiger partial charge is 0.271 e. The third-order valence-electron chi connectivity index (χ3n) is 4.50. The van der Waals surface area contributed by atoms with E-state index in [4.69, 9.17) is 5.84 Å². The third-order valence-corrected chi connectivity index (χ3v) is 4.50. The van der Waals surface area contributed by atoms with Crippen LogP contribution in [0.3, 0.4) is 0 Å². The molecule has 0 heterocycles. The molecule has 0 saturated carbocycles. The Labute approximate surface area is 117 Å². The molecule has 1 aliphatic carbocycles. The second-order valence-corrected chi connectivity index (χ2v) is 5.82. The lowest BCUT2D eigenvalue weighted by molar-refractivity contribution is 0.395. The highest BCUT2D eigenvalue weighted by Crippen LogP contribution is 2.36. The van der Waals surface area contributed by atoms with Crippen molar-refractivity contribution in [3.63, 3.8) is 0 Å². The summed E-state index contributed by atoms with van der Waals surface area (Å²) in [5, 5.41) is 0. The second kappa shape index (κ2) is 7.66. The SMILES string of the molecule is CCCCCCCC(NN)C1CCc2ccccc21. The lowest BCUT2D eigenvalue weighted by Gasteiger charge is -2.23. The smallest absolute Gasteiger partial charge is 0.0279 e. The number of fused-ring (bicyclic) bond motifs is 1. The van der Waals surface area contributed by atoms with Crippen molar-refractivity contribution in [2.24, 2.45) is 5.84 Å². The molecule has 0 aliphatic heterocycles. The van der Waals surface area contributed by atoms with Gasteiger partial charge in [0.05, 0.1) is 0 Å². The summed E-state index contributed by atoms with van der Waals surface area (Å²) >= 11 is 0. The van der Waals surface area contributed by atoms with E-state index in [1.54, 1.807) is 0 Å². The highest BCUT2D eigenvalue weighted by atomic mass is 15.2. The summed E-state index contributed by atoms with van der Waals surface area (Å²) in [5.74, 6) is 6.42. The molecule has 0 aromatic heterocycles. The second-order valence-electron chi connectivity index (χ2n) is 5.82. The summed E-state index contributed by atoms with van der Waals surface area (Å²) in [7, 11) is 0. The van der Waals surface area contributed by atoms with Crippen LogP contribution in [0.5, 0.6) is 0 Å². The number of unbranched alkanes of at least 4 members (excludes halogenated alkanes) is 4. The van der Waals surface area contributed by atoms with Gasteiger partial charge in [0.1, 0.15) is 0 Å². The Morgan fingerprint density at radius 1 is 1.21 bits per heavy atom. The molecule has 0 radical (unpaired) electrons. The molecule has 2 unspecified atom stereocenters. The van der Waals surface area contributed by atoms with E-state index in [-0.39, 0.29) is 0 Å². The minimum Gasteiger partial charge on any atom is -0.271 e. The Bertz CT molecular complexity index is 375. The average molecular weight is 260 g/mol. The molecule has 0 amide bonds. The van der Waals surface area contributed by atoms with Gasteiger partial charge in [-0.2, -0.15) is 0 Å². The van der Waals surface area contributed by atoms with Crippen molar-refractivity contribution >= 4 is 0 Å². The predicted octanol–water partition coefficient (Wildman–Crippen LogP) is 3.91. The Balaban J connectivity index is 1.85. The van der Waals surface area contributed by atoms with E-state index in [0.717, 1.165) is 0 Å². The van der Waals surface area contributed by atoms with E-state index >= 15 is 0 Å². The van der Waals surface area contributed by atoms with Crippen LogP contribution in [0.1, 0.15) is 68.9 Å². The number of nitrogens with one attached hydrogen (secondary N) is 1. The Morgan fingerprint density at radius 3 is 2.79 bits per heavy atom. The fraction of sp³-hybridized carbons (Fsp3) is 0.647. The van der Waals surface area contributed by atoms with E-state index in [1.165, 1.54) is 62.5 Å². The number of aryl methyl sites for hydroxylation is 1. The van der Waals surface area contributed by atoms with Crippen LogP contribution < -0.4 is 11.3 Å². The lowest BCUT2D eigenvalue weighted by Crippen LogP contribution is -2.39. The summed E-state index contributed by atoms with van der Waals surface area (Å²) in [6.07, 6.45) is 10.4. The molecule has 0 fully saturated rings.